The summed E-state index contributed by atoms with van der Waals surface area (Å²) in [5, 5.41) is 4.54. The van der Waals surface area contributed by atoms with E-state index in [1.165, 1.54) is 13.2 Å². The van der Waals surface area contributed by atoms with Crippen molar-refractivity contribution in [3.05, 3.63) is 88.5 Å². The molecule has 4 rings (SSSR count). The van der Waals surface area contributed by atoms with Gasteiger partial charge in [0.05, 0.1) is 19.9 Å². The summed E-state index contributed by atoms with van der Waals surface area (Å²) in [6.45, 7) is 2.34. The molecule has 27 heavy (non-hydrogen) atoms. The number of halogens is 1. The summed E-state index contributed by atoms with van der Waals surface area (Å²) in [6, 6.07) is 14.9. The molecule has 1 aliphatic rings. The van der Waals surface area contributed by atoms with E-state index in [0.717, 1.165) is 16.8 Å². The Labute approximate surface area is 157 Å². The second-order valence-corrected chi connectivity index (χ2v) is 6.96. The third kappa shape index (κ3) is 2.65. The van der Waals surface area contributed by atoms with Crippen LogP contribution in [-0.4, -0.2) is 22.9 Å². The van der Waals surface area contributed by atoms with E-state index in [1.807, 2.05) is 41.1 Å². The van der Waals surface area contributed by atoms with Gasteiger partial charge in [-0.1, -0.05) is 42.5 Å². The fourth-order valence-electron chi connectivity index (χ4n) is 4.21. The van der Waals surface area contributed by atoms with Crippen molar-refractivity contribution in [2.45, 2.75) is 31.7 Å². The number of rotatable bonds is 4. The first-order chi connectivity index (χ1) is 13.1. The zero-order valence-corrected chi connectivity index (χ0v) is 15.4. The zero-order chi connectivity index (χ0) is 19.0. The van der Waals surface area contributed by atoms with E-state index >= 15 is 0 Å². The summed E-state index contributed by atoms with van der Waals surface area (Å²) in [5.41, 5.74) is 3.09. The minimum Gasteiger partial charge on any atom is -0.468 e. The number of hydrogen-bond donors (Lipinski definition) is 0. The maximum atomic E-state index is 14.3. The van der Waals surface area contributed by atoms with Crippen LogP contribution in [-0.2, 0) is 27.9 Å². The number of ether oxygens (including phenoxy) is 1. The van der Waals surface area contributed by atoms with E-state index in [9.17, 15) is 9.18 Å². The molecule has 3 aromatic rings. The monoisotopic (exact) mass is 364 g/mol. The SMILES string of the molecule is COC(=O)C1(c2cccc(F)c2C)CCc2c1cnn2Cc1ccccc1. The lowest BCUT2D eigenvalue weighted by molar-refractivity contribution is -0.145. The first kappa shape index (κ1) is 17.5. The molecule has 1 atom stereocenters. The minimum atomic E-state index is -1.01. The lowest BCUT2D eigenvalue weighted by atomic mass is 9.74. The van der Waals surface area contributed by atoms with Gasteiger partial charge in [0.1, 0.15) is 11.2 Å². The number of fused-ring (bicyclic) bond motifs is 1. The summed E-state index contributed by atoms with van der Waals surface area (Å²) < 4.78 is 21.4. The van der Waals surface area contributed by atoms with Gasteiger partial charge in [-0.25, -0.2) is 4.39 Å². The molecule has 0 spiro atoms. The second-order valence-electron chi connectivity index (χ2n) is 6.96. The molecule has 0 bridgehead atoms. The predicted octanol–water partition coefficient (Wildman–Crippen LogP) is 3.78. The van der Waals surface area contributed by atoms with Crippen molar-refractivity contribution < 1.29 is 13.9 Å². The molecule has 138 valence electrons. The molecule has 4 nitrogen and oxygen atoms in total. The predicted molar refractivity (Wildman–Crippen MR) is 100 cm³/mol. The van der Waals surface area contributed by atoms with E-state index in [1.54, 1.807) is 19.2 Å². The average molecular weight is 364 g/mol. The van der Waals surface area contributed by atoms with Gasteiger partial charge in [-0.05, 0) is 42.5 Å². The number of aromatic nitrogens is 2. The number of esters is 1. The summed E-state index contributed by atoms with van der Waals surface area (Å²) in [7, 11) is 1.38. The molecule has 0 fully saturated rings. The molecule has 0 radical (unpaired) electrons. The van der Waals surface area contributed by atoms with Crippen molar-refractivity contribution in [1.82, 2.24) is 9.78 Å². The number of hydrogen-bond acceptors (Lipinski definition) is 3. The lowest BCUT2D eigenvalue weighted by Gasteiger charge is -2.28. The number of nitrogens with zero attached hydrogens (tertiary/aromatic N) is 2. The van der Waals surface area contributed by atoms with Gasteiger partial charge in [-0.15, -0.1) is 0 Å². The number of carbonyl (C=O) groups excluding carboxylic acids is 1. The summed E-state index contributed by atoms with van der Waals surface area (Å²) >= 11 is 0. The van der Waals surface area contributed by atoms with Crippen LogP contribution in [0.25, 0.3) is 0 Å². The summed E-state index contributed by atoms with van der Waals surface area (Å²) in [5.74, 6) is -0.685. The Morgan fingerprint density at radius 1 is 1.19 bits per heavy atom. The highest BCUT2D eigenvalue weighted by Gasteiger charge is 2.50. The standard InChI is InChI=1S/C22H21FN2O2/c1-15-17(9-6-10-19(15)23)22(21(26)27-2)12-11-20-18(22)13-24-25(20)14-16-7-4-3-5-8-16/h3-10,13H,11-12,14H2,1-2H3. The van der Waals surface area contributed by atoms with Crippen LogP contribution in [0.3, 0.4) is 0 Å². The molecular formula is C22H21FN2O2. The molecule has 1 aliphatic carbocycles. The lowest BCUT2D eigenvalue weighted by Crippen LogP contribution is -2.36. The number of methoxy groups -OCH3 is 1. The van der Waals surface area contributed by atoms with Gasteiger partial charge in [-0.3, -0.25) is 9.48 Å². The van der Waals surface area contributed by atoms with Crippen molar-refractivity contribution in [2.75, 3.05) is 7.11 Å². The van der Waals surface area contributed by atoms with E-state index in [2.05, 4.69) is 5.10 Å². The van der Waals surface area contributed by atoms with Gasteiger partial charge < -0.3 is 4.74 Å². The Kier molecular flexibility index (Phi) is 4.30. The van der Waals surface area contributed by atoms with Crippen LogP contribution >= 0.6 is 0 Å². The van der Waals surface area contributed by atoms with Gasteiger partial charge in [-0.2, -0.15) is 5.10 Å². The largest absolute Gasteiger partial charge is 0.468 e. The summed E-state index contributed by atoms with van der Waals surface area (Å²) in [4.78, 5) is 12.9. The molecule has 0 saturated heterocycles. The fraction of sp³-hybridized carbons (Fsp3) is 0.273. The Morgan fingerprint density at radius 3 is 2.70 bits per heavy atom. The molecular weight excluding hydrogens is 343 g/mol. The Hall–Kier alpha value is -2.95. The van der Waals surface area contributed by atoms with Crippen LogP contribution in [0.15, 0.2) is 54.7 Å². The summed E-state index contributed by atoms with van der Waals surface area (Å²) in [6.07, 6.45) is 2.98. The zero-order valence-electron chi connectivity index (χ0n) is 15.4. The van der Waals surface area contributed by atoms with Gasteiger partial charge in [0.2, 0.25) is 0 Å². The van der Waals surface area contributed by atoms with Crippen molar-refractivity contribution in [1.29, 1.82) is 0 Å². The third-order valence-corrected chi connectivity index (χ3v) is 5.58. The third-order valence-electron chi connectivity index (χ3n) is 5.58. The number of carbonyl (C=O) groups is 1. The second kappa shape index (κ2) is 6.65. The van der Waals surface area contributed by atoms with Crippen molar-refractivity contribution in [2.24, 2.45) is 0 Å². The van der Waals surface area contributed by atoms with Gasteiger partial charge in [0.25, 0.3) is 0 Å². The van der Waals surface area contributed by atoms with E-state index < -0.39 is 5.41 Å². The first-order valence-electron chi connectivity index (χ1n) is 9.01. The smallest absolute Gasteiger partial charge is 0.320 e. The topological polar surface area (TPSA) is 44.1 Å². The molecule has 0 aliphatic heterocycles. The average Bonchev–Trinajstić information content (AvgIpc) is 3.26. The van der Waals surface area contributed by atoms with Gasteiger partial charge >= 0.3 is 5.97 Å². The molecule has 2 aromatic carbocycles. The van der Waals surface area contributed by atoms with Crippen LogP contribution in [0.2, 0.25) is 0 Å². The van der Waals surface area contributed by atoms with Gasteiger partial charge in [0, 0.05) is 11.3 Å². The Balaban J connectivity index is 1.84. The van der Waals surface area contributed by atoms with Crippen molar-refractivity contribution in [3.63, 3.8) is 0 Å². The fourth-order valence-corrected chi connectivity index (χ4v) is 4.21. The highest BCUT2D eigenvalue weighted by atomic mass is 19.1. The van der Waals surface area contributed by atoms with E-state index in [-0.39, 0.29) is 11.8 Å². The van der Waals surface area contributed by atoms with Gasteiger partial charge in [0.15, 0.2) is 0 Å². The first-order valence-corrected chi connectivity index (χ1v) is 9.01. The minimum absolute atomic E-state index is 0.319. The Bertz CT molecular complexity index is 997. The quantitative estimate of drug-likeness (QED) is 0.662. The maximum Gasteiger partial charge on any atom is 0.320 e. The van der Waals surface area contributed by atoms with Crippen molar-refractivity contribution in [3.8, 4) is 0 Å². The van der Waals surface area contributed by atoms with Crippen LogP contribution in [0, 0.1) is 12.7 Å². The van der Waals surface area contributed by atoms with E-state index in [4.69, 9.17) is 4.74 Å². The molecule has 1 unspecified atom stereocenters. The molecule has 0 N–H and O–H groups in total. The highest BCUT2D eigenvalue weighted by molar-refractivity contribution is 5.89. The van der Waals surface area contributed by atoms with Crippen LogP contribution < -0.4 is 0 Å². The van der Waals surface area contributed by atoms with E-state index in [0.29, 0.717) is 30.5 Å². The number of benzene rings is 2. The molecule has 0 saturated carbocycles. The Morgan fingerprint density at radius 2 is 1.96 bits per heavy atom. The molecule has 1 heterocycles. The van der Waals surface area contributed by atoms with Crippen LogP contribution in [0.1, 0.15) is 34.4 Å². The molecule has 5 heteroatoms. The van der Waals surface area contributed by atoms with Crippen LogP contribution in [0.4, 0.5) is 4.39 Å². The molecule has 1 aromatic heterocycles. The normalized spacial score (nSPS) is 18.3. The highest BCUT2D eigenvalue weighted by Crippen LogP contribution is 2.46. The molecule has 0 amide bonds. The van der Waals surface area contributed by atoms with Crippen LogP contribution in [0.5, 0.6) is 0 Å². The van der Waals surface area contributed by atoms with Crippen molar-refractivity contribution >= 4 is 5.97 Å². The maximum absolute atomic E-state index is 14.3.